The molecule has 0 rings (SSSR count). The van der Waals surface area contributed by atoms with Crippen LogP contribution in [0.3, 0.4) is 0 Å². The van der Waals surface area contributed by atoms with Crippen molar-refractivity contribution in [2.75, 3.05) is 0 Å². The summed E-state index contributed by atoms with van der Waals surface area (Å²) >= 11 is 0. The molecule has 0 aliphatic heterocycles. The highest BCUT2D eigenvalue weighted by molar-refractivity contribution is 6.24. The van der Waals surface area contributed by atoms with Crippen molar-refractivity contribution in [2.45, 2.75) is 12.0 Å². The minimum atomic E-state index is -0.464. The van der Waals surface area contributed by atoms with E-state index in [1.165, 1.54) is 0 Å². The number of amides is 2. The third-order valence-electron chi connectivity index (χ3n) is 0.993. The molecule has 0 aromatic carbocycles. The molecule has 0 aromatic heterocycles. The molecule has 52 valence electrons. The van der Waals surface area contributed by atoms with Crippen molar-refractivity contribution in [1.29, 1.82) is 0 Å². The van der Waals surface area contributed by atoms with E-state index in [4.69, 9.17) is 11.5 Å². The summed E-state index contributed by atoms with van der Waals surface area (Å²) in [5.41, 5.74) is 9.38. The molecule has 0 radical (unpaired) electrons. The van der Waals surface area contributed by atoms with Gasteiger partial charge >= 0.3 is 0 Å². The van der Waals surface area contributed by atoms with Gasteiger partial charge in [-0.25, -0.2) is 0 Å². The van der Waals surface area contributed by atoms with E-state index >= 15 is 0 Å². The van der Waals surface area contributed by atoms with E-state index in [1.807, 2.05) is 0 Å². The van der Waals surface area contributed by atoms with Crippen LogP contribution in [0.5, 0.6) is 0 Å². The van der Waals surface area contributed by atoms with Crippen LogP contribution in [-0.4, -0.2) is 22.1 Å². The molecule has 1 unspecified atom stereocenters. The molecule has 0 aliphatic rings. The molecule has 0 aliphatic carbocycles. The second-order valence-electron chi connectivity index (χ2n) is 1.97. The standard InChI is InChI=1S/C4H10N2O2Si/c5-3(7)1-2(9)4(6)8/h2H,1H2,9H3,(H2,5,7)(H2,6,8). The SMILES string of the molecule is NC(=O)CC([SiH3])C(N)=O. The maximum absolute atomic E-state index is 10.3. The van der Waals surface area contributed by atoms with Gasteiger partial charge in [-0.1, -0.05) is 0 Å². The fourth-order valence-corrected chi connectivity index (χ4v) is 0.805. The Labute approximate surface area is 56.0 Å². The molecule has 0 saturated heterocycles. The summed E-state index contributed by atoms with van der Waals surface area (Å²) in [4.78, 5) is 20.4. The highest BCUT2D eigenvalue weighted by Crippen LogP contribution is 2.00. The van der Waals surface area contributed by atoms with Crippen molar-refractivity contribution < 1.29 is 9.59 Å². The van der Waals surface area contributed by atoms with Crippen LogP contribution in [0.1, 0.15) is 6.42 Å². The zero-order valence-electron chi connectivity index (χ0n) is 5.26. The maximum atomic E-state index is 10.3. The summed E-state index contributed by atoms with van der Waals surface area (Å²) in [6.45, 7) is 0. The number of nitrogens with two attached hydrogens (primary N) is 2. The lowest BCUT2D eigenvalue weighted by Gasteiger charge is -2.00. The molecule has 4 nitrogen and oxygen atoms in total. The van der Waals surface area contributed by atoms with E-state index in [1.54, 1.807) is 0 Å². The average Bonchev–Trinajstić information content (AvgIpc) is 1.63. The summed E-state index contributed by atoms with van der Waals surface area (Å²) in [6, 6.07) is 0. The van der Waals surface area contributed by atoms with Crippen LogP contribution < -0.4 is 11.5 Å². The van der Waals surface area contributed by atoms with Crippen LogP contribution in [-0.2, 0) is 9.59 Å². The van der Waals surface area contributed by atoms with Crippen molar-refractivity contribution in [2.24, 2.45) is 11.5 Å². The number of hydrogen-bond donors (Lipinski definition) is 2. The Morgan fingerprint density at radius 3 is 2.00 bits per heavy atom. The van der Waals surface area contributed by atoms with Crippen molar-refractivity contribution >= 4 is 22.1 Å². The Morgan fingerprint density at radius 2 is 1.89 bits per heavy atom. The van der Waals surface area contributed by atoms with Crippen molar-refractivity contribution in [3.05, 3.63) is 0 Å². The van der Waals surface area contributed by atoms with Gasteiger partial charge < -0.3 is 11.5 Å². The third-order valence-corrected chi connectivity index (χ3v) is 1.97. The molecular formula is C4H10N2O2Si. The normalized spacial score (nSPS) is 12.9. The summed E-state index contributed by atoms with van der Waals surface area (Å²) in [5, 5.41) is 0. The van der Waals surface area contributed by atoms with Gasteiger partial charge in [0.25, 0.3) is 0 Å². The largest absolute Gasteiger partial charge is 0.370 e. The molecule has 1 atom stereocenters. The van der Waals surface area contributed by atoms with Gasteiger partial charge in [0, 0.05) is 22.2 Å². The molecule has 4 N–H and O–H groups in total. The number of primary amides is 2. The molecule has 0 heterocycles. The van der Waals surface area contributed by atoms with Gasteiger partial charge in [-0.2, -0.15) is 0 Å². The smallest absolute Gasteiger partial charge is 0.217 e. The zero-order valence-corrected chi connectivity index (χ0v) is 7.26. The van der Waals surface area contributed by atoms with E-state index < -0.39 is 11.8 Å². The molecule has 0 aromatic rings. The van der Waals surface area contributed by atoms with E-state index in [9.17, 15) is 9.59 Å². The molecule has 0 saturated carbocycles. The van der Waals surface area contributed by atoms with Crippen LogP contribution in [0.15, 0.2) is 0 Å². The average molecular weight is 146 g/mol. The Balaban J connectivity index is 3.63. The van der Waals surface area contributed by atoms with Crippen LogP contribution in [0, 0.1) is 0 Å². The van der Waals surface area contributed by atoms with Crippen molar-refractivity contribution in [1.82, 2.24) is 0 Å². The van der Waals surface area contributed by atoms with E-state index in [2.05, 4.69) is 0 Å². The van der Waals surface area contributed by atoms with Gasteiger partial charge in [0.15, 0.2) is 0 Å². The molecule has 0 fully saturated rings. The van der Waals surface area contributed by atoms with Gasteiger partial charge in [0.05, 0.1) is 0 Å². The second-order valence-corrected chi connectivity index (χ2v) is 3.37. The lowest BCUT2D eigenvalue weighted by atomic mass is 10.3. The topological polar surface area (TPSA) is 86.2 Å². The molecule has 5 heteroatoms. The number of carbonyl (C=O) groups is 2. The number of hydrogen-bond acceptors (Lipinski definition) is 2. The van der Waals surface area contributed by atoms with Crippen LogP contribution in [0.2, 0.25) is 5.54 Å². The fourth-order valence-electron chi connectivity index (χ4n) is 0.402. The Bertz CT molecular complexity index is 137. The lowest BCUT2D eigenvalue weighted by Crippen LogP contribution is -2.23. The first-order valence-corrected chi connectivity index (χ1v) is 3.77. The summed E-state index contributed by atoms with van der Waals surface area (Å²) in [7, 11) is 0.596. The molecule has 0 spiro atoms. The first-order valence-electron chi connectivity index (χ1n) is 2.61. The molecule has 0 bridgehead atoms. The minimum absolute atomic E-state index is 0.0988. The van der Waals surface area contributed by atoms with Crippen LogP contribution in [0.25, 0.3) is 0 Å². The lowest BCUT2D eigenvalue weighted by molar-refractivity contribution is -0.123. The molecule has 2 amide bonds. The zero-order chi connectivity index (χ0) is 7.44. The van der Waals surface area contributed by atoms with Gasteiger partial charge in [0.2, 0.25) is 11.8 Å². The molecular weight excluding hydrogens is 136 g/mol. The highest BCUT2D eigenvalue weighted by Gasteiger charge is 2.10. The maximum Gasteiger partial charge on any atom is 0.217 e. The highest BCUT2D eigenvalue weighted by atomic mass is 28.1. The van der Waals surface area contributed by atoms with E-state index in [-0.39, 0.29) is 12.0 Å². The van der Waals surface area contributed by atoms with Crippen LogP contribution in [0.4, 0.5) is 0 Å². The summed E-state index contributed by atoms with van der Waals surface area (Å²) < 4.78 is 0. The quantitative estimate of drug-likeness (QED) is 0.431. The van der Waals surface area contributed by atoms with Crippen LogP contribution >= 0.6 is 0 Å². The van der Waals surface area contributed by atoms with Crippen molar-refractivity contribution in [3.8, 4) is 0 Å². The van der Waals surface area contributed by atoms with E-state index in [0.717, 1.165) is 0 Å². The first-order chi connectivity index (χ1) is 4.04. The predicted octanol–water partition coefficient (Wildman–Crippen LogP) is -2.50. The predicted molar refractivity (Wildman–Crippen MR) is 36.7 cm³/mol. The first kappa shape index (κ1) is 8.16. The monoisotopic (exact) mass is 146 g/mol. The Hall–Kier alpha value is -0.843. The number of carbonyl (C=O) groups excluding carboxylic acids is 2. The summed E-state index contributed by atoms with van der Waals surface area (Å²) in [6.07, 6.45) is 0.0988. The fraction of sp³-hybridized carbons (Fsp3) is 0.500. The van der Waals surface area contributed by atoms with Gasteiger partial charge in [-0.15, -0.1) is 0 Å². The van der Waals surface area contributed by atoms with Gasteiger partial charge in [0.1, 0.15) is 0 Å². The number of rotatable bonds is 3. The third kappa shape index (κ3) is 3.72. The van der Waals surface area contributed by atoms with Gasteiger partial charge in [-0.3, -0.25) is 9.59 Å². The minimum Gasteiger partial charge on any atom is -0.370 e. The second kappa shape index (κ2) is 3.24. The summed E-state index contributed by atoms with van der Waals surface area (Å²) in [5.74, 6) is -0.894. The Morgan fingerprint density at radius 1 is 1.44 bits per heavy atom. The van der Waals surface area contributed by atoms with Crippen molar-refractivity contribution in [3.63, 3.8) is 0 Å². The molecule has 9 heavy (non-hydrogen) atoms. The van der Waals surface area contributed by atoms with Gasteiger partial charge in [-0.05, 0) is 0 Å². The Kier molecular flexibility index (Phi) is 2.93. The van der Waals surface area contributed by atoms with E-state index in [0.29, 0.717) is 10.2 Å².